The quantitative estimate of drug-likeness (QED) is 0.723. The van der Waals surface area contributed by atoms with E-state index in [4.69, 9.17) is 0 Å². The molecular formula is C19H28O3. The summed E-state index contributed by atoms with van der Waals surface area (Å²) in [7, 11) is 0. The fourth-order valence-electron chi connectivity index (χ4n) is 6.61. The van der Waals surface area contributed by atoms with Gasteiger partial charge in [0.15, 0.2) is 5.78 Å². The Morgan fingerprint density at radius 1 is 1.18 bits per heavy atom. The van der Waals surface area contributed by atoms with Crippen LogP contribution in [0.2, 0.25) is 0 Å². The van der Waals surface area contributed by atoms with Crippen molar-refractivity contribution in [3.63, 3.8) is 0 Å². The molecule has 0 aromatic rings. The minimum Gasteiger partial charge on any atom is -0.393 e. The number of allylic oxidation sites excluding steroid dienone is 1. The molecule has 0 aliphatic heterocycles. The van der Waals surface area contributed by atoms with Gasteiger partial charge in [-0.05, 0) is 73.2 Å². The lowest BCUT2D eigenvalue weighted by Gasteiger charge is -2.57. The van der Waals surface area contributed by atoms with E-state index in [1.165, 1.54) is 5.57 Å². The number of aliphatic hydroxyl groups excluding tert-OH is 2. The second kappa shape index (κ2) is 4.91. The van der Waals surface area contributed by atoms with Crippen LogP contribution in [0.3, 0.4) is 0 Å². The summed E-state index contributed by atoms with van der Waals surface area (Å²) in [5.41, 5.74) is 1.19. The maximum absolute atomic E-state index is 11.8. The van der Waals surface area contributed by atoms with Gasteiger partial charge < -0.3 is 10.2 Å². The average molecular weight is 304 g/mol. The van der Waals surface area contributed by atoms with E-state index < -0.39 is 0 Å². The van der Waals surface area contributed by atoms with Gasteiger partial charge in [-0.1, -0.05) is 19.4 Å². The van der Waals surface area contributed by atoms with Crippen molar-refractivity contribution in [1.82, 2.24) is 0 Å². The molecule has 0 aromatic heterocycles. The Hall–Kier alpha value is -0.670. The largest absolute Gasteiger partial charge is 0.393 e. The van der Waals surface area contributed by atoms with Gasteiger partial charge in [0.25, 0.3) is 0 Å². The molecule has 8 atom stereocenters. The van der Waals surface area contributed by atoms with E-state index in [9.17, 15) is 15.0 Å². The van der Waals surface area contributed by atoms with Crippen LogP contribution in [0.15, 0.2) is 11.6 Å². The normalized spacial score (nSPS) is 54.3. The molecule has 0 bridgehead atoms. The first kappa shape index (κ1) is 14.9. The Morgan fingerprint density at radius 3 is 2.73 bits per heavy atom. The van der Waals surface area contributed by atoms with Gasteiger partial charge >= 0.3 is 0 Å². The Morgan fingerprint density at radius 2 is 1.95 bits per heavy atom. The van der Waals surface area contributed by atoms with Crippen molar-refractivity contribution in [2.24, 2.45) is 35.0 Å². The summed E-state index contributed by atoms with van der Waals surface area (Å²) in [6.07, 6.45) is 6.57. The lowest BCUT2D eigenvalue weighted by molar-refractivity contribution is -0.135. The van der Waals surface area contributed by atoms with Gasteiger partial charge in [0.1, 0.15) is 0 Å². The minimum atomic E-state index is -0.330. The van der Waals surface area contributed by atoms with E-state index in [-0.39, 0.29) is 23.4 Å². The van der Waals surface area contributed by atoms with Crippen LogP contribution in [-0.2, 0) is 4.79 Å². The van der Waals surface area contributed by atoms with Crippen LogP contribution < -0.4 is 0 Å². The van der Waals surface area contributed by atoms with Crippen LogP contribution in [0.1, 0.15) is 52.4 Å². The zero-order chi connectivity index (χ0) is 15.6. The Balaban J connectivity index is 1.73. The predicted octanol–water partition coefficient (Wildman–Crippen LogP) is 2.71. The highest BCUT2D eigenvalue weighted by Crippen LogP contribution is 2.63. The predicted molar refractivity (Wildman–Crippen MR) is 84.0 cm³/mol. The van der Waals surface area contributed by atoms with Crippen molar-refractivity contribution in [2.75, 3.05) is 0 Å². The minimum absolute atomic E-state index is 0.111. The lowest BCUT2D eigenvalue weighted by atomic mass is 9.49. The molecular weight excluding hydrogens is 276 g/mol. The van der Waals surface area contributed by atoms with E-state index in [0.717, 1.165) is 32.1 Å². The molecule has 4 aliphatic carbocycles. The molecule has 0 amide bonds. The van der Waals surface area contributed by atoms with Gasteiger partial charge in [-0.25, -0.2) is 0 Å². The van der Waals surface area contributed by atoms with E-state index in [2.05, 4.69) is 13.8 Å². The smallest absolute Gasteiger partial charge is 0.155 e. The Bertz CT molecular complexity index is 525. The van der Waals surface area contributed by atoms with Crippen molar-refractivity contribution in [2.45, 2.75) is 64.6 Å². The first-order valence-electron chi connectivity index (χ1n) is 9.01. The Labute approximate surface area is 132 Å². The third-order valence-corrected chi connectivity index (χ3v) is 7.57. The van der Waals surface area contributed by atoms with Gasteiger partial charge in [-0.3, -0.25) is 4.79 Å². The number of aliphatic hydroxyl groups is 2. The number of ketones is 1. The molecule has 4 aliphatic rings. The lowest BCUT2D eigenvalue weighted by Crippen LogP contribution is -2.56. The Kier molecular flexibility index (Phi) is 3.32. The highest BCUT2D eigenvalue weighted by Gasteiger charge is 2.60. The SMILES string of the molecule is C[C@@H]1CC2=CC(=O)CC[C@@H]2[C@@H]2[C@@H]1[C@@H]1CCC(O)[C@@]1(C)C[C@H]2O. The van der Waals surface area contributed by atoms with Gasteiger partial charge in [-0.15, -0.1) is 0 Å². The molecule has 4 rings (SSSR count). The number of carbonyl (C=O) groups is 1. The van der Waals surface area contributed by atoms with Crippen molar-refractivity contribution in [1.29, 1.82) is 0 Å². The van der Waals surface area contributed by atoms with Crippen molar-refractivity contribution in [3.05, 3.63) is 11.6 Å². The highest BCUT2D eigenvalue weighted by molar-refractivity contribution is 5.91. The van der Waals surface area contributed by atoms with E-state index in [1.54, 1.807) is 0 Å². The average Bonchev–Trinajstić information content (AvgIpc) is 2.74. The number of rotatable bonds is 0. The highest BCUT2D eigenvalue weighted by atomic mass is 16.3. The maximum Gasteiger partial charge on any atom is 0.155 e. The van der Waals surface area contributed by atoms with Crippen molar-refractivity contribution >= 4 is 5.78 Å². The van der Waals surface area contributed by atoms with Crippen LogP contribution in [-0.4, -0.2) is 28.2 Å². The van der Waals surface area contributed by atoms with Crippen LogP contribution in [0.25, 0.3) is 0 Å². The van der Waals surface area contributed by atoms with E-state index >= 15 is 0 Å². The molecule has 3 saturated carbocycles. The standard InChI is InChI=1S/C19H28O3/c1-10-7-11-8-12(20)3-4-13(11)18-15(21)9-19(2)14(17(10)18)5-6-16(19)22/h8,10,13-18,21-22H,3-7,9H2,1-2H3/t10-,13+,14+,15-,16?,17+,18+,19+/m1/s1. The molecule has 0 spiro atoms. The third kappa shape index (κ3) is 1.91. The van der Waals surface area contributed by atoms with Gasteiger partial charge in [0.2, 0.25) is 0 Å². The summed E-state index contributed by atoms with van der Waals surface area (Å²) in [6.45, 7) is 4.48. The third-order valence-electron chi connectivity index (χ3n) is 7.57. The van der Waals surface area contributed by atoms with E-state index in [1.807, 2.05) is 6.08 Å². The second-order valence-corrected chi connectivity index (χ2v) is 8.64. The number of carbonyl (C=O) groups excluding carboxylic acids is 1. The number of hydrogen-bond donors (Lipinski definition) is 2. The zero-order valence-corrected chi connectivity index (χ0v) is 13.7. The monoisotopic (exact) mass is 304 g/mol. The first-order chi connectivity index (χ1) is 10.4. The molecule has 0 heterocycles. The number of fused-ring (bicyclic) bond motifs is 5. The van der Waals surface area contributed by atoms with Crippen molar-refractivity contribution < 1.29 is 15.0 Å². The van der Waals surface area contributed by atoms with Crippen LogP contribution in [0.4, 0.5) is 0 Å². The fraction of sp³-hybridized carbons (Fsp3) is 0.842. The molecule has 122 valence electrons. The summed E-state index contributed by atoms with van der Waals surface area (Å²) in [4.78, 5) is 11.8. The van der Waals surface area contributed by atoms with Gasteiger partial charge in [-0.2, -0.15) is 0 Å². The van der Waals surface area contributed by atoms with Crippen LogP contribution >= 0.6 is 0 Å². The summed E-state index contributed by atoms with van der Waals surface area (Å²) in [5.74, 6) is 2.50. The molecule has 3 nitrogen and oxygen atoms in total. The molecule has 22 heavy (non-hydrogen) atoms. The molecule has 0 saturated heterocycles. The molecule has 1 unspecified atom stereocenters. The second-order valence-electron chi connectivity index (χ2n) is 8.64. The summed E-state index contributed by atoms with van der Waals surface area (Å²) in [5, 5.41) is 21.4. The zero-order valence-electron chi connectivity index (χ0n) is 13.7. The van der Waals surface area contributed by atoms with E-state index in [0.29, 0.717) is 36.0 Å². The molecule has 0 aromatic carbocycles. The summed E-state index contributed by atoms with van der Waals surface area (Å²) < 4.78 is 0. The first-order valence-corrected chi connectivity index (χ1v) is 9.01. The molecule has 3 heteroatoms. The molecule has 0 radical (unpaired) electrons. The topological polar surface area (TPSA) is 57.5 Å². The van der Waals surface area contributed by atoms with Crippen LogP contribution in [0.5, 0.6) is 0 Å². The van der Waals surface area contributed by atoms with Crippen molar-refractivity contribution in [3.8, 4) is 0 Å². The van der Waals surface area contributed by atoms with Gasteiger partial charge in [0, 0.05) is 6.42 Å². The molecule has 2 N–H and O–H groups in total. The summed E-state index contributed by atoms with van der Waals surface area (Å²) >= 11 is 0. The van der Waals surface area contributed by atoms with Gasteiger partial charge in [0.05, 0.1) is 12.2 Å². The fourth-order valence-corrected chi connectivity index (χ4v) is 6.61. The maximum atomic E-state index is 11.8. The molecule has 3 fully saturated rings. The number of hydrogen-bond acceptors (Lipinski definition) is 3. The summed E-state index contributed by atoms with van der Waals surface area (Å²) in [6, 6.07) is 0. The van der Waals surface area contributed by atoms with Crippen LogP contribution in [0, 0.1) is 35.0 Å².